The number of carbonyl (C=O) groups is 2. The van der Waals surface area contributed by atoms with Crippen LogP contribution < -0.4 is 44.3 Å². The fourth-order valence-electron chi connectivity index (χ4n) is 4.79. The number of sulfonamides is 1. The maximum atomic E-state index is 12.9. The first kappa shape index (κ1) is 34.2. The van der Waals surface area contributed by atoms with Crippen LogP contribution in [0.4, 0.5) is 5.69 Å². The second-order valence-corrected chi connectivity index (χ2v) is 13.4. The Bertz CT molecular complexity index is 2110. The number of fused-ring (bicyclic) bond motifs is 1. The largest absolute Gasteiger partial charge is 1.00 e. The number of nitrogens with zero attached hydrogens (tertiary/aromatic N) is 1. The Balaban J connectivity index is 0.00000260. The molecule has 0 spiro atoms. The van der Waals surface area contributed by atoms with E-state index in [4.69, 9.17) is 4.74 Å². The number of aryl methyl sites for hydroxylation is 1. The fraction of sp³-hybridized carbons (Fsp3) is 0.0833. The van der Waals surface area contributed by atoms with Gasteiger partial charge >= 0.3 is 29.6 Å². The zero-order chi connectivity index (χ0) is 32.1. The van der Waals surface area contributed by atoms with Crippen molar-refractivity contribution in [3.8, 4) is 5.75 Å². The number of ether oxygens (including phenoxy) is 1. The number of amidine groups is 1. The molecule has 8 nitrogen and oxygen atoms in total. The number of carbonyl (C=O) groups excluding carboxylic acids is 2. The molecule has 2 amide bonds. The summed E-state index contributed by atoms with van der Waals surface area (Å²) < 4.78 is 33.4. The third kappa shape index (κ3) is 8.79. The van der Waals surface area contributed by atoms with Crippen LogP contribution in [0.25, 0.3) is 16.8 Å². The minimum absolute atomic E-state index is 0. The van der Waals surface area contributed by atoms with Gasteiger partial charge in [0.15, 0.2) is 5.17 Å². The van der Waals surface area contributed by atoms with Gasteiger partial charge < -0.3 is 11.5 Å². The molecule has 1 fully saturated rings. The summed E-state index contributed by atoms with van der Waals surface area (Å²) in [5.41, 5.74) is 3.91. The number of rotatable bonds is 9. The van der Waals surface area contributed by atoms with Crippen molar-refractivity contribution < 1.29 is 53.7 Å². The molecule has 5 aromatic rings. The van der Waals surface area contributed by atoms with Crippen LogP contribution in [0.5, 0.6) is 5.75 Å². The number of hydrogen-bond donors (Lipinski definition) is 2. The Hall–Kier alpha value is -4.19. The Morgan fingerprint density at radius 2 is 1.55 bits per heavy atom. The van der Waals surface area contributed by atoms with Crippen molar-refractivity contribution in [1.29, 1.82) is 0 Å². The first-order valence-electron chi connectivity index (χ1n) is 14.4. The minimum atomic E-state index is -3.96. The van der Waals surface area contributed by atoms with Crippen molar-refractivity contribution >= 4 is 61.3 Å². The van der Waals surface area contributed by atoms with E-state index in [1.54, 1.807) is 36.4 Å². The van der Waals surface area contributed by atoms with Crippen LogP contribution in [0.2, 0.25) is 0 Å². The van der Waals surface area contributed by atoms with E-state index < -0.39 is 15.9 Å². The molecule has 1 heterocycles. The molecule has 5 aromatic carbocycles. The van der Waals surface area contributed by atoms with Gasteiger partial charge in [-0.1, -0.05) is 84.4 Å². The predicted octanol–water partition coefficient (Wildman–Crippen LogP) is 3.78. The van der Waals surface area contributed by atoms with Crippen molar-refractivity contribution in [2.75, 3.05) is 0 Å². The molecule has 0 unspecified atom stereocenters. The van der Waals surface area contributed by atoms with Crippen LogP contribution in [0.3, 0.4) is 0 Å². The Morgan fingerprint density at radius 3 is 2.26 bits per heavy atom. The summed E-state index contributed by atoms with van der Waals surface area (Å²) in [5, 5.41) is 5.29. The number of nitrogens with one attached hydrogen (secondary N) is 2. The molecule has 1 aliphatic heterocycles. The normalized spacial score (nSPS) is 14.5. The fourth-order valence-corrected chi connectivity index (χ4v) is 6.60. The van der Waals surface area contributed by atoms with Crippen LogP contribution in [0.1, 0.15) is 23.7 Å². The molecule has 0 radical (unpaired) electrons. The molecule has 232 valence electrons. The van der Waals surface area contributed by atoms with E-state index in [1.165, 1.54) is 23.9 Å². The van der Waals surface area contributed by atoms with Gasteiger partial charge in [0.25, 0.3) is 15.9 Å². The number of benzene rings is 5. The molecule has 0 bridgehead atoms. The Labute approximate surface area is 301 Å². The molecule has 2 N–H and O–H groups in total. The van der Waals surface area contributed by atoms with Crippen molar-refractivity contribution in [2.24, 2.45) is 4.99 Å². The smallest absolute Gasteiger partial charge is 1.00 e. The summed E-state index contributed by atoms with van der Waals surface area (Å²) in [4.78, 5) is 30.5. The summed E-state index contributed by atoms with van der Waals surface area (Å²) in [6.07, 6.45) is 1.68. The number of aliphatic imine (C=N–C) groups is 1. The number of amides is 2. The average molecular weight is 672 g/mol. The summed E-state index contributed by atoms with van der Waals surface area (Å²) in [6.45, 7) is 2.24. The predicted molar refractivity (Wildman–Crippen MR) is 183 cm³/mol. The first-order chi connectivity index (χ1) is 22.2. The van der Waals surface area contributed by atoms with Gasteiger partial charge in [0.2, 0.25) is 5.91 Å². The van der Waals surface area contributed by atoms with Crippen LogP contribution in [-0.2, 0) is 32.6 Å². The molecule has 1 aliphatic rings. The summed E-state index contributed by atoms with van der Waals surface area (Å²) in [6, 6.07) is 34.9. The van der Waals surface area contributed by atoms with Crippen molar-refractivity contribution in [1.82, 2.24) is 10.0 Å². The maximum Gasteiger partial charge on any atom is 1.00 e. The molecule has 0 saturated carbocycles. The van der Waals surface area contributed by atoms with E-state index in [0.717, 1.165) is 27.5 Å². The quantitative estimate of drug-likeness (QED) is 0.182. The topological polar surface area (TPSA) is 114 Å². The zero-order valence-corrected chi connectivity index (χ0v) is 29.4. The van der Waals surface area contributed by atoms with Gasteiger partial charge in [-0.3, -0.25) is 9.59 Å². The third-order valence-corrected chi connectivity index (χ3v) is 9.46. The van der Waals surface area contributed by atoms with Gasteiger partial charge in [0.05, 0.1) is 21.9 Å². The van der Waals surface area contributed by atoms with Gasteiger partial charge in [-0.2, -0.15) is 0 Å². The summed E-state index contributed by atoms with van der Waals surface area (Å²) >= 11 is 1.22. The molecular weight excluding hydrogens is 642 g/mol. The molecule has 0 atom stereocenters. The molecule has 1 saturated heterocycles. The Morgan fingerprint density at radius 1 is 0.894 bits per heavy atom. The van der Waals surface area contributed by atoms with E-state index in [1.807, 2.05) is 79.7 Å². The summed E-state index contributed by atoms with van der Waals surface area (Å²) in [7, 11) is -3.96. The van der Waals surface area contributed by atoms with Gasteiger partial charge in [-0.05, 0) is 83.1 Å². The van der Waals surface area contributed by atoms with Crippen molar-refractivity contribution in [2.45, 2.75) is 24.8 Å². The SMILES string of the molecule is Cc1ccc(S(=O)(=O)NC(=O)Cc2ccc(N=C3NC(=O)C(=Cc4cc5ccccc5cc4OCc4ccccc4)S3)cc2)cc1.[H-].[Na+]. The molecule has 6 rings (SSSR count). The van der Waals surface area contributed by atoms with E-state index in [9.17, 15) is 18.0 Å². The van der Waals surface area contributed by atoms with E-state index in [2.05, 4.69) is 15.0 Å². The second-order valence-electron chi connectivity index (χ2n) is 10.7. The standard InChI is InChI=1S/C36H29N3O5S2.Na.H/c1-24-11-17-31(18-12-24)46(42,43)39-34(40)19-25-13-15-30(16-14-25)37-36-38-35(41)33(45-36)22-29-20-27-9-5-6-10-28(27)21-32(29)44-23-26-7-3-2-4-8-26;;/h2-18,20-22H,19,23H2,1H3,(H,39,40)(H,37,38,41);;/q;+1;-1. The molecule has 0 aliphatic carbocycles. The van der Waals surface area contributed by atoms with Crippen LogP contribution in [-0.4, -0.2) is 25.4 Å². The Kier molecular flexibility index (Phi) is 11.0. The van der Waals surface area contributed by atoms with Crippen molar-refractivity contribution in [3.05, 3.63) is 142 Å². The molecule has 0 aromatic heterocycles. The number of hydrogen-bond acceptors (Lipinski definition) is 7. The monoisotopic (exact) mass is 671 g/mol. The average Bonchev–Trinajstić information content (AvgIpc) is 3.39. The van der Waals surface area contributed by atoms with Crippen molar-refractivity contribution in [3.63, 3.8) is 0 Å². The van der Waals surface area contributed by atoms with E-state index in [-0.39, 0.29) is 48.2 Å². The summed E-state index contributed by atoms with van der Waals surface area (Å²) in [5.74, 6) is -0.247. The molecule has 11 heteroatoms. The van der Waals surface area contributed by atoms with Gasteiger partial charge in [-0.25, -0.2) is 18.1 Å². The van der Waals surface area contributed by atoms with Gasteiger partial charge in [0, 0.05) is 5.56 Å². The van der Waals surface area contributed by atoms with Crippen LogP contribution in [0, 0.1) is 6.92 Å². The maximum absolute atomic E-state index is 12.9. The van der Waals surface area contributed by atoms with E-state index in [0.29, 0.717) is 33.7 Å². The second kappa shape index (κ2) is 15.1. The van der Waals surface area contributed by atoms with Gasteiger partial charge in [0.1, 0.15) is 12.4 Å². The van der Waals surface area contributed by atoms with Crippen LogP contribution in [0.15, 0.2) is 130 Å². The minimum Gasteiger partial charge on any atom is -1.00 e. The first-order valence-corrected chi connectivity index (χ1v) is 16.7. The van der Waals surface area contributed by atoms with Crippen LogP contribution >= 0.6 is 11.8 Å². The molecule has 47 heavy (non-hydrogen) atoms. The van der Waals surface area contributed by atoms with E-state index >= 15 is 0 Å². The third-order valence-electron chi connectivity index (χ3n) is 7.16. The number of thioether (sulfide) groups is 1. The zero-order valence-electron chi connectivity index (χ0n) is 26.8. The molecular formula is C36H30N3NaO5S2. The van der Waals surface area contributed by atoms with Gasteiger partial charge in [-0.15, -0.1) is 0 Å².